The molecule has 0 aromatic carbocycles. The van der Waals surface area contributed by atoms with E-state index in [4.69, 9.17) is 5.73 Å². The van der Waals surface area contributed by atoms with Crippen LogP contribution in [0.15, 0.2) is 0 Å². The summed E-state index contributed by atoms with van der Waals surface area (Å²) in [6.07, 6.45) is 4.00. The smallest absolute Gasteiger partial charge is 0.0105 e. The van der Waals surface area contributed by atoms with Crippen LogP contribution in [-0.2, 0) is 0 Å². The molecular weight excluding hydrogens is 136 g/mol. The van der Waals surface area contributed by atoms with Crippen molar-refractivity contribution in [3.05, 3.63) is 0 Å². The maximum absolute atomic E-state index is 5.37. The Morgan fingerprint density at radius 3 is 2.00 bits per heavy atom. The second-order valence-electron chi connectivity index (χ2n) is 3.04. The van der Waals surface area contributed by atoms with Crippen LogP contribution in [0.2, 0.25) is 0 Å². The van der Waals surface area contributed by atoms with E-state index in [-0.39, 0.29) is 0 Å². The van der Waals surface area contributed by atoms with Crippen LogP contribution in [0.1, 0.15) is 33.1 Å². The van der Waals surface area contributed by atoms with Crippen molar-refractivity contribution in [1.29, 1.82) is 0 Å². The van der Waals surface area contributed by atoms with Gasteiger partial charge in [-0.3, -0.25) is 0 Å². The molecule has 1 rings (SSSR count). The molecule has 0 saturated carbocycles. The number of rotatable bonds is 2. The molecule has 1 aliphatic rings. The predicted octanol–water partition coefficient (Wildman–Crippen LogP) is 1.46. The third-order valence-electron chi connectivity index (χ3n) is 1.64. The normalized spacial score (nSPS) is 17.7. The fraction of sp³-hybridized carbons (Fsp3) is 1.00. The first-order valence-electron chi connectivity index (χ1n) is 4.77. The monoisotopic (exact) mass is 158 g/mol. The zero-order chi connectivity index (χ0) is 8.53. The lowest BCUT2D eigenvalue weighted by Gasteiger charge is -2.11. The molecule has 0 amide bonds. The molecule has 0 atom stereocenters. The lowest BCUT2D eigenvalue weighted by atomic mass is 10.4. The van der Waals surface area contributed by atoms with Gasteiger partial charge < -0.3 is 10.6 Å². The molecule has 11 heavy (non-hydrogen) atoms. The average molecular weight is 158 g/mol. The zero-order valence-corrected chi connectivity index (χ0v) is 7.97. The van der Waals surface area contributed by atoms with Gasteiger partial charge in [0, 0.05) is 13.1 Å². The quantitative estimate of drug-likeness (QED) is 0.659. The van der Waals surface area contributed by atoms with Gasteiger partial charge in [0.05, 0.1) is 0 Å². The van der Waals surface area contributed by atoms with E-state index >= 15 is 0 Å². The minimum absolute atomic E-state index is 0.819. The number of hydrogen-bond acceptors (Lipinski definition) is 2. The van der Waals surface area contributed by atoms with Crippen LogP contribution in [-0.4, -0.2) is 31.1 Å². The lowest BCUT2D eigenvalue weighted by Crippen LogP contribution is -2.26. The van der Waals surface area contributed by atoms with E-state index in [0.29, 0.717) is 0 Å². The van der Waals surface area contributed by atoms with E-state index in [2.05, 4.69) is 18.7 Å². The summed E-state index contributed by atoms with van der Waals surface area (Å²) >= 11 is 0. The first kappa shape index (κ1) is 10.9. The fourth-order valence-corrected chi connectivity index (χ4v) is 1.19. The van der Waals surface area contributed by atoms with Gasteiger partial charge in [-0.15, -0.1) is 0 Å². The first-order chi connectivity index (χ1) is 5.35. The van der Waals surface area contributed by atoms with E-state index < -0.39 is 0 Å². The van der Waals surface area contributed by atoms with Gasteiger partial charge in [-0.05, 0) is 25.9 Å². The van der Waals surface area contributed by atoms with Crippen molar-refractivity contribution >= 4 is 0 Å². The summed E-state index contributed by atoms with van der Waals surface area (Å²) in [5.74, 6) is 0. The Hall–Kier alpha value is -0.0800. The minimum atomic E-state index is 0.819. The van der Waals surface area contributed by atoms with Gasteiger partial charge >= 0.3 is 0 Å². The molecule has 1 saturated heterocycles. The third-order valence-corrected chi connectivity index (χ3v) is 1.64. The Morgan fingerprint density at radius 1 is 1.18 bits per heavy atom. The van der Waals surface area contributed by atoms with Gasteiger partial charge in [-0.2, -0.15) is 0 Å². The fourth-order valence-electron chi connectivity index (χ4n) is 1.19. The van der Waals surface area contributed by atoms with E-state index in [9.17, 15) is 0 Å². The SMILES string of the molecule is CCC.NCCN1CCCC1. The van der Waals surface area contributed by atoms with Crippen molar-refractivity contribution in [2.45, 2.75) is 33.1 Å². The van der Waals surface area contributed by atoms with Crippen LogP contribution in [0.25, 0.3) is 0 Å². The Balaban J connectivity index is 0.000000292. The molecule has 1 heterocycles. The zero-order valence-electron chi connectivity index (χ0n) is 7.97. The molecule has 0 bridgehead atoms. The van der Waals surface area contributed by atoms with Gasteiger partial charge in [0.1, 0.15) is 0 Å². The van der Waals surface area contributed by atoms with Crippen LogP contribution >= 0.6 is 0 Å². The molecule has 0 aromatic rings. The second-order valence-corrected chi connectivity index (χ2v) is 3.04. The third kappa shape index (κ3) is 6.32. The highest BCUT2D eigenvalue weighted by Gasteiger charge is 2.08. The Morgan fingerprint density at radius 2 is 1.64 bits per heavy atom. The molecular formula is C9H22N2. The summed E-state index contributed by atoms with van der Waals surface area (Å²) < 4.78 is 0. The van der Waals surface area contributed by atoms with Crippen molar-refractivity contribution < 1.29 is 0 Å². The summed E-state index contributed by atoms with van der Waals surface area (Å²) in [6, 6.07) is 0. The van der Waals surface area contributed by atoms with Gasteiger partial charge in [0.25, 0.3) is 0 Å². The van der Waals surface area contributed by atoms with Gasteiger partial charge in [-0.1, -0.05) is 20.3 Å². The summed E-state index contributed by atoms with van der Waals surface area (Å²) in [5.41, 5.74) is 5.37. The molecule has 1 fully saturated rings. The standard InChI is InChI=1S/C6H14N2.C3H8/c7-3-6-8-4-1-2-5-8;1-3-2/h1-7H2;3H2,1-2H3. The maximum atomic E-state index is 5.37. The van der Waals surface area contributed by atoms with Crippen LogP contribution in [0, 0.1) is 0 Å². The van der Waals surface area contributed by atoms with E-state index in [1.54, 1.807) is 0 Å². The molecule has 1 aliphatic heterocycles. The average Bonchev–Trinajstić information content (AvgIpc) is 2.42. The molecule has 0 radical (unpaired) electrons. The topological polar surface area (TPSA) is 29.3 Å². The summed E-state index contributed by atoms with van der Waals surface area (Å²) in [4.78, 5) is 2.42. The van der Waals surface area contributed by atoms with Crippen LogP contribution in [0.4, 0.5) is 0 Å². The number of nitrogens with zero attached hydrogens (tertiary/aromatic N) is 1. The van der Waals surface area contributed by atoms with Crippen LogP contribution in [0.5, 0.6) is 0 Å². The molecule has 2 N–H and O–H groups in total. The highest BCUT2D eigenvalue weighted by molar-refractivity contribution is 4.65. The Labute approximate surface area is 70.8 Å². The minimum Gasteiger partial charge on any atom is -0.329 e. The molecule has 0 aromatic heterocycles. The van der Waals surface area contributed by atoms with Crippen LogP contribution in [0.3, 0.4) is 0 Å². The molecule has 0 unspecified atom stereocenters. The largest absolute Gasteiger partial charge is 0.329 e. The van der Waals surface area contributed by atoms with Gasteiger partial charge in [-0.25, -0.2) is 0 Å². The Bertz CT molecular complexity index is 68.0. The highest BCUT2D eigenvalue weighted by atomic mass is 15.1. The van der Waals surface area contributed by atoms with Crippen molar-refractivity contribution in [1.82, 2.24) is 4.90 Å². The summed E-state index contributed by atoms with van der Waals surface area (Å²) in [5, 5.41) is 0. The molecule has 0 spiro atoms. The molecule has 2 heteroatoms. The number of nitrogens with two attached hydrogens (primary N) is 1. The van der Waals surface area contributed by atoms with Crippen molar-refractivity contribution in [3.63, 3.8) is 0 Å². The molecule has 0 aliphatic carbocycles. The lowest BCUT2D eigenvalue weighted by molar-refractivity contribution is 0.349. The van der Waals surface area contributed by atoms with E-state index in [0.717, 1.165) is 13.1 Å². The van der Waals surface area contributed by atoms with Crippen molar-refractivity contribution in [3.8, 4) is 0 Å². The number of likely N-dealkylation sites (tertiary alicyclic amines) is 1. The summed E-state index contributed by atoms with van der Waals surface area (Å²) in [7, 11) is 0. The van der Waals surface area contributed by atoms with Gasteiger partial charge in [0.2, 0.25) is 0 Å². The van der Waals surface area contributed by atoms with Crippen molar-refractivity contribution in [2.75, 3.05) is 26.2 Å². The van der Waals surface area contributed by atoms with E-state index in [1.807, 2.05) is 0 Å². The van der Waals surface area contributed by atoms with Crippen LogP contribution < -0.4 is 5.73 Å². The first-order valence-corrected chi connectivity index (χ1v) is 4.77. The van der Waals surface area contributed by atoms with Gasteiger partial charge in [0.15, 0.2) is 0 Å². The summed E-state index contributed by atoms with van der Waals surface area (Å²) in [6.45, 7) is 8.72. The van der Waals surface area contributed by atoms with E-state index in [1.165, 1.54) is 32.4 Å². The molecule has 68 valence electrons. The highest BCUT2D eigenvalue weighted by Crippen LogP contribution is 2.04. The predicted molar refractivity (Wildman–Crippen MR) is 50.7 cm³/mol. The number of hydrogen-bond donors (Lipinski definition) is 1. The maximum Gasteiger partial charge on any atom is 0.0105 e. The second kappa shape index (κ2) is 8.02. The van der Waals surface area contributed by atoms with Crippen molar-refractivity contribution in [2.24, 2.45) is 5.73 Å². The Kier molecular flexibility index (Phi) is 7.96. The molecule has 2 nitrogen and oxygen atoms in total.